The summed E-state index contributed by atoms with van der Waals surface area (Å²) < 4.78 is 35.5. The van der Waals surface area contributed by atoms with E-state index in [9.17, 15) is 38.7 Å². The van der Waals surface area contributed by atoms with Gasteiger partial charge in [-0.15, -0.1) is 23.5 Å². The molecule has 22 heteroatoms. The van der Waals surface area contributed by atoms with Crippen LogP contribution in [0.3, 0.4) is 0 Å². The van der Waals surface area contributed by atoms with Gasteiger partial charge >= 0.3 is 18.0 Å². The number of esters is 2. The molecule has 4 heterocycles. The van der Waals surface area contributed by atoms with Crippen LogP contribution in [0.25, 0.3) is 0 Å². The van der Waals surface area contributed by atoms with E-state index in [-0.39, 0.29) is 44.6 Å². The first kappa shape index (κ1) is 56.7. The van der Waals surface area contributed by atoms with Gasteiger partial charge in [0.1, 0.15) is 51.1 Å². The lowest BCUT2D eigenvalue weighted by molar-refractivity contribution is -0.162. The van der Waals surface area contributed by atoms with Gasteiger partial charge in [0.2, 0.25) is 23.6 Å². The first-order valence-electron chi connectivity index (χ1n) is 23.1. The SMILES string of the molecule is CCSC(=S)SC(C)C(=O)OCCN1C(=O)CC(SCCC(=O)N(C)C(C)C(=O)OC2CC(=O)N(C)c3cc(cc(OC)c3C)C/C(C)=C/C=C/[C@@H](OC)[C@@]3(O)CC(OC(=O)N3)C(C)[C@@H]3O[C@@]23C)C1=O. The molecule has 5 rings (SSSR count). The van der Waals surface area contributed by atoms with Crippen molar-refractivity contribution >= 4 is 98.4 Å². The monoisotopic (exact) mass is 1050 g/mol. The highest BCUT2D eigenvalue weighted by molar-refractivity contribution is 8.47. The Hall–Kier alpha value is -4.19. The zero-order valence-corrected chi connectivity index (χ0v) is 44.9. The number of imide groups is 1. The zero-order chi connectivity index (χ0) is 51.8. The van der Waals surface area contributed by atoms with E-state index in [1.807, 2.05) is 39.0 Å². The number of nitrogens with one attached hydrogen (secondary N) is 1. The van der Waals surface area contributed by atoms with Gasteiger partial charge in [0.25, 0.3) is 0 Å². The number of hydrogen-bond acceptors (Lipinski definition) is 18. The summed E-state index contributed by atoms with van der Waals surface area (Å²) in [4.78, 5) is 97.1. The number of thioether (sulfide) groups is 3. The van der Waals surface area contributed by atoms with Crippen LogP contribution in [0.5, 0.6) is 5.75 Å². The molecule has 70 heavy (non-hydrogen) atoms. The molecule has 0 radical (unpaired) electrons. The number of amides is 5. The van der Waals surface area contributed by atoms with Crippen LogP contribution in [0.1, 0.15) is 78.4 Å². The summed E-state index contributed by atoms with van der Waals surface area (Å²) in [5.74, 6) is -2.08. The number of epoxide rings is 1. The lowest BCUT2D eigenvalue weighted by Crippen LogP contribution is -2.63. The summed E-state index contributed by atoms with van der Waals surface area (Å²) >= 11 is 9.06. The number of thiocarbonyl (C=S) groups is 1. The maximum absolute atomic E-state index is 14.4. The Morgan fingerprint density at radius 2 is 1.80 bits per heavy atom. The minimum Gasteiger partial charge on any atom is -0.496 e. The second-order valence-electron chi connectivity index (χ2n) is 18.0. The van der Waals surface area contributed by atoms with E-state index in [2.05, 4.69) is 5.32 Å². The number of alkyl carbamates (subject to hydrolysis) is 1. The van der Waals surface area contributed by atoms with Gasteiger partial charge in [-0.1, -0.05) is 61.6 Å². The molecule has 1 aromatic rings. The van der Waals surface area contributed by atoms with Crippen LogP contribution < -0.4 is 15.0 Å². The Labute approximate surface area is 428 Å². The van der Waals surface area contributed by atoms with Crippen molar-refractivity contribution < 1.29 is 67.1 Å². The molecule has 6 unspecified atom stereocenters. The van der Waals surface area contributed by atoms with Crippen molar-refractivity contribution in [3.05, 3.63) is 47.1 Å². The van der Waals surface area contributed by atoms with Crippen LogP contribution in [-0.4, -0.2) is 165 Å². The van der Waals surface area contributed by atoms with Gasteiger partial charge in [0.05, 0.1) is 37.1 Å². The van der Waals surface area contributed by atoms with Crippen LogP contribution in [0.2, 0.25) is 0 Å². The van der Waals surface area contributed by atoms with Gasteiger partial charge < -0.3 is 43.3 Å². The van der Waals surface area contributed by atoms with Crippen LogP contribution in [0.15, 0.2) is 35.9 Å². The highest BCUT2D eigenvalue weighted by atomic mass is 32.2. The molecule has 1 aromatic carbocycles. The maximum atomic E-state index is 14.4. The van der Waals surface area contributed by atoms with E-state index in [0.29, 0.717) is 26.9 Å². The second kappa shape index (κ2) is 24.5. The summed E-state index contributed by atoms with van der Waals surface area (Å²) in [6.45, 7) is 12.1. The zero-order valence-electron chi connectivity index (χ0n) is 41.6. The van der Waals surface area contributed by atoms with Crippen molar-refractivity contribution in [3.8, 4) is 5.75 Å². The third-order valence-electron chi connectivity index (χ3n) is 13.1. The summed E-state index contributed by atoms with van der Waals surface area (Å²) in [7, 11) is 6.04. The number of rotatable bonds is 15. The minimum atomic E-state index is -1.87. The number of ether oxygens (including phenoxy) is 6. The predicted molar refractivity (Wildman–Crippen MR) is 272 cm³/mol. The lowest BCUT2D eigenvalue weighted by Gasteiger charge is -2.42. The summed E-state index contributed by atoms with van der Waals surface area (Å²) in [5.41, 5.74) is -0.0773. The predicted octanol–water partition coefficient (Wildman–Crippen LogP) is 5.12. The number of aliphatic hydroxyl groups is 1. The van der Waals surface area contributed by atoms with Crippen LogP contribution in [0, 0.1) is 12.8 Å². The number of anilines is 1. The highest BCUT2D eigenvalue weighted by Crippen LogP contribution is 2.49. The first-order chi connectivity index (χ1) is 33.0. The molecule has 5 amide bonds. The number of nitrogens with zero attached hydrogens (tertiary/aromatic N) is 3. The molecule has 4 aliphatic rings. The lowest BCUT2D eigenvalue weighted by atomic mass is 9.83. The average molecular weight is 1050 g/mol. The molecular weight excluding hydrogens is 985 g/mol. The third kappa shape index (κ3) is 13.6. The van der Waals surface area contributed by atoms with Gasteiger partial charge in [-0.2, -0.15) is 0 Å². The molecule has 2 N–H and O–H groups in total. The summed E-state index contributed by atoms with van der Waals surface area (Å²) in [5, 5.41) is 13.1. The number of methoxy groups -OCH3 is 2. The summed E-state index contributed by atoms with van der Waals surface area (Å²) in [6, 6.07) is 2.66. The molecule has 0 aromatic heterocycles. The molecule has 18 nitrogen and oxygen atoms in total. The van der Waals surface area contributed by atoms with Gasteiger partial charge in [-0.3, -0.25) is 34.2 Å². The van der Waals surface area contributed by atoms with Gasteiger partial charge in [0.15, 0.2) is 5.72 Å². The highest BCUT2D eigenvalue weighted by Gasteiger charge is 2.64. The smallest absolute Gasteiger partial charge is 0.409 e. The van der Waals surface area contributed by atoms with E-state index < -0.39 is 99.9 Å². The standard InChI is InChI=1S/C48H66N4O14S4/c1-12-68-46(67)70-30(6)44(58)63-18-17-52-40(55)23-35(42(52)56)69-19-16-38(53)50(8)29(5)43(57)65-37-24-39(54)51(9)32-21-31(22-33(61-10)27(32)3)20-26(2)14-13-15-36(62-11)48(60)25-34(64-45(59)49-48)28(4)41-47(37,7)66-41/h13-15,21-22,28-30,34-37,41,60H,12,16-20,23-25H2,1-11H3,(H,49,59)/b15-13+,26-14+/t28?,29?,30?,34?,35?,36-,37?,41+,47+,48+/m1/s1. The molecule has 0 saturated carbocycles. The number of carbonyl (C=O) groups excluding carboxylic acids is 7. The van der Waals surface area contributed by atoms with Crippen molar-refractivity contribution in [3.63, 3.8) is 0 Å². The Kier molecular flexibility index (Phi) is 19.8. The van der Waals surface area contributed by atoms with Crippen molar-refractivity contribution in [1.82, 2.24) is 15.1 Å². The number of fused-ring (bicyclic) bond motifs is 5. The number of carbonyl (C=O) groups is 7. The van der Waals surface area contributed by atoms with E-state index in [0.717, 1.165) is 33.6 Å². The fraction of sp³-hybridized carbons (Fsp3) is 0.625. The van der Waals surface area contributed by atoms with E-state index in [1.165, 1.54) is 54.4 Å². The van der Waals surface area contributed by atoms with Crippen molar-refractivity contribution in [2.24, 2.45) is 5.92 Å². The minimum absolute atomic E-state index is 0.0732. The Morgan fingerprint density at radius 3 is 2.47 bits per heavy atom. The van der Waals surface area contributed by atoms with Crippen molar-refractivity contribution in [2.75, 3.05) is 57.9 Å². The Bertz CT molecular complexity index is 2250. The Morgan fingerprint density at radius 1 is 1.09 bits per heavy atom. The fourth-order valence-corrected chi connectivity index (χ4v) is 12.3. The van der Waals surface area contributed by atoms with Gasteiger partial charge in [-0.05, 0) is 64.5 Å². The van der Waals surface area contributed by atoms with Crippen LogP contribution in [0.4, 0.5) is 10.5 Å². The third-order valence-corrected chi connectivity index (χ3v) is 16.9. The molecular formula is C48H66N4O14S4. The normalized spacial score (nSPS) is 29.1. The molecule has 0 aliphatic carbocycles. The molecule has 3 fully saturated rings. The topological polar surface area (TPSA) is 220 Å². The fourth-order valence-electron chi connectivity index (χ4n) is 8.66. The maximum Gasteiger partial charge on any atom is 0.409 e. The second-order valence-corrected chi connectivity index (χ2v) is 23.1. The first-order valence-corrected chi connectivity index (χ1v) is 26.4. The Balaban J connectivity index is 1.28. The van der Waals surface area contributed by atoms with Gasteiger partial charge in [-0.25, -0.2) is 9.59 Å². The van der Waals surface area contributed by atoms with Crippen molar-refractivity contribution in [1.29, 1.82) is 0 Å². The molecule has 386 valence electrons. The van der Waals surface area contributed by atoms with Gasteiger partial charge in [0, 0.05) is 57.7 Å². The number of allylic oxidation sites excluding steroid dienone is 3. The molecule has 4 aliphatic heterocycles. The quantitative estimate of drug-likeness (QED) is 0.0765. The number of benzene rings is 1. The molecule has 3 saturated heterocycles. The average Bonchev–Trinajstić information content (AvgIpc) is 3.93. The molecule has 0 spiro atoms. The number of likely N-dealkylation sites (N-methyl/N-ethyl adjacent to an activating group) is 1. The summed E-state index contributed by atoms with van der Waals surface area (Å²) in [6.07, 6.45) is 0.527. The van der Waals surface area contributed by atoms with E-state index in [4.69, 9.17) is 40.6 Å². The van der Waals surface area contributed by atoms with Crippen LogP contribution >= 0.6 is 47.5 Å². The van der Waals surface area contributed by atoms with Crippen molar-refractivity contribution in [2.45, 2.75) is 133 Å². The largest absolute Gasteiger partial charge is 0.496 e. The van der Waals surface area contributed by atoms with E-state index in [1.54, 1.807) is 47.1 Å². The van der Waals surface area contributed by atoms with E-state index >= 15 is 0 Å². The van der Waals surface area contributed by atoms with Crippen LogP contribution in [-0.2, 0) is 58.9 Å². The molecule has 10 atom stereocenters. The number of hydrogen-bond donors (Lipinski definition) is 2. The number of likely N-dealkylation sites (tertiary alicyclic amines) is 1. The molecule has 4 bridgehead atoms.